The molecule has 1 aromatic carbocycles. The monoisotopic (exact) mass is 351 g/mol. The molecule has 0 spiro atoms. The van der Waals surface area contributed by atoms with Crippen LogP contribution < -0.4 is 5.73 Å². The Morgan fingerprint density at radius 2 is 1.80 bits per heavy atom. The first-order valence-electron chi connectivity index (χ1n) is 6.66. The number of hydrogen-bond acceptors (Lipinski definition) is 2. The van der Waals surface area contributed by atoms with E-state index < -0.39 is 23.5 Å². The Morgan fingerprint density at radius 1 is 1.20 bits per heavy atom. The lowest BCUT2D eigenvalue weighted by atomic mass is 9.80. The molecule has 1 atom stereocenters. The Balaban J connectivity index is 2.44. The first-order valence-corrected chi connectivity index (χ1v) is 7.46. The van der Waals surface area contributed by atoms with Gasteiger partial charge in [-0.3, -0.25) is 0 Å². The molecule has 0 bridgehead atoms. The topological polar surface area (TPSA) is 46.2 Å². The van der Waals surface area contributed by atoms with Crippen LogP contribution in [0.5, 0.6) is 5.75 Å². The highest BCUT2D eigenvalue weighted by molar-refractivity contribution is 9.10. The molecule has 3 N–H and O–H groups in total. The fourth-order valence-corrected chi connectivity index (χ4v) is 3.24. The van der Waals surface area contributed by atoms with E-state index in [-0.39, 0.29) is 16.0 Å². The van der Waals surface area contributed by atoms with Gasteiger partial charge in [-0.05, 0) is 46.8 Å². The molecule has 20 heavy (non-hydrogen) atoms. The van der Waals surface area contributed by atoms with Crippen LogP contribution in [0, 0.1) is 5.92 Å². The molecule has 1 aromatic rings. The lowest BCUT2D eigenvalue weighted by molar-refractivity contribution is -0.138. The van der Waals surface area contributed by atoms with Crippen LogP contribution in [0.4, 0.5) is 13.2 Å². The molecule has 0 radical (unpaired) electrons. The summed E-state index contributed by atoms with van der Waals surface area (Å²) in [5.74, 6) is -0.400. The molecule has 0 aliphatic heterocycles. The summed E-state index contributed by atoms with van der Waals surface area (Å²) < 4.78 is 39.6. The van der Waals surface area contributed by atoms with Crippen LogP contribution in [-0.4, -0.2) is 5.11 Å². The van der Waals surface area contributed by atoms with Crippen molar-refractivity contribution < 1.29 is 18.3 Å². The molecule has 0 aromatic heterocycles. The molecule has 1 saturated carbocycles. The maximum atomic E-state index is 13.1. The number of phenols is 1. The van der Waals surface area contributed by atoms with Gasteiger partial charge >= 0.3 is 6.18 Å². The highest BCUT2D eigenvalue weighted by Gasteiger charge is 2.38. The predicted octanol–water partition coefficient (Wildman–Crippen LogP) is 4.75. The van der Waals surface area contributed by atoms with Crippen molar-refractivity contribution in [1.29, 1.82) is 0 Å². The van der Waals surface area contributed by atoms with Crippen LogP contribution in [0.2, 0.25) is 0 Å². The summed E-state index contributed by atoms with van der Waals surface area (Å²) in [7, 11) is 0. The van der Waals surface area contributed by atoms with E-state index in [9.17, 15) is 18.3 Å². The fraction of sp³-hybridized carbons (Fsp3) is 0.571. The molecule has 2 rings (SSSR count). The minimum Gasteiger partial charge on any atom is -0.506 e. The Morgan fingerprint density at radius 3 is 2.35 bits per heavy atom. The highest BCUT2D eigenvalue weighted by atomic mass is 79.9. The number of hydrogen-bond donors (Lipinski definition) is 2. The molecule has 1 fully saturated rings. The maximum Gasteiger partial charge on any atom is 0.416 e. The Hall–Kier alpha value is -0.750. The van der Waals surface area contributed by atoms with Gasteiger partial charge in [-0.1, -0.05) is 19.3 Å². The Kier molecular flexibility index (Phi) is 4.64. The van der Waals surface area contributed by atoms with E-state index in [0.29, 0.717) is 0 Å². The van der Waals surface area contributed by atoms with Crippen LogP contribution in [0.15, 0.2) is 16.6 Å². The highest BCUT2D eigenvalue weighted by Crippen LogP contribution is 2.45. The maximum absolute atomic E-state index is 13.1. The average Bonchev–Trinajstić information content (AvgIpc) is 2.40. The number of phenolic OH excluding ortho intramolecular Hbond substituents is 1. The second-order valence-electron chi connectivity index (χ2n) is 5.28. The molecule has 1 aliphatic rings. The predicted molar refractivity (Wildman–Crippen MR) is 74.3 cm³/mol. The zero-order valence-corrected chi connectivity index (χ0v) is 12.5. The van der Waals surface area contributed by atoms with Crippen LogP contribution in [0.25, 0.3) is 0 Å². The van der Waals surface area contributed by atoms with E-state index in [1.165, 1.54) is 6.07 Å². The molecule has 0 heterocycles. The molecule has 112 valence electrons. The second kappa shape index (κ2) is 5.93. The minimum atomic E-state index is -4.51. The van der Waals surface area contributed by atoms with Gasteiger partial charge in [0.2, 0.25) is 0 Å². The third kappa shape index (κ3) is 3.11. The lowest BCUT2D eigenvalue weighted by Crippen LogP contribution is -2.26. The summed E-state index contributed by atoms with van der Waals surface area (Å²) in [4.78, 5) is 0. The number of aromatic hydroxyl groups is 1. The van der Waals surface area contributed by atoms with Crippen LogP contribution >= 0.6 is 15.9 Å². The van der Waals surface area contributed by atoms with Gasteiger partial charge < -0.3 is 10.8 Å². The van der Waals surface area contributed by atoms with Crippen LogP contribution in [0.3, 0.4) is 0 Å². The summed E-state index contributed by atoms with van der Waals surface area (Å²) in [5.41, 5.74) is 5.04. The van der Waals surface area contributed by atoms with E-state index in [1.54, 1.807) is 0 Å². The molecular formula is C14H17BrF3NO. The number of benzene rings is 1. The Bertz CT molecular complexity index is 484. The van der Waals surface area contributed by atoms with Crippen LogP contribution in [0.1, 0.15) is 49.3 Å². The molecule has 0 saturated heterocycles. The smallest absolute Gasteiger partial charge is 0.416 e. The van der Waals surface area contributed by atoms with Crippen molar-refractivity contribution in [2.75, 3.05) is 0 Å². The summed E-state index contributed by atoms with van der Waals surface area (Å²) in [6.07, 6.45) is 0.164. The van der Waals surface area contributed by atoms with Crippen molar-refractivity contribution in [3.8, 4) is 5.75 Å². The number of alkyl halides is 3. The van der Waals surface area contributed by atoms with Crippen molar-refractivity contribution in [3.05, 3.63) is 27.7 Å². The molecule has 0 amide bonds. The number of nitrogens with two attached hydrogens (primary N) is 1. The third-order valence-corrected chi connectivity index (χ3v) is 4.60. The fourth-order valence-electron chi connectivity index (χ4n) is 2.90. The van der Waals surface area contributed by atoms with E-state index in [4.69, 9.17) is 5.73 Å². The quantitative estimate of drug-likeness (QED) is 0.807. The average molecular weight is 352 g/mol. The van der Waals surface area contributed by atoms with Crippen molar-refractivity contribution in [3.63, 3.8) is 0 Å². The van der Waals surface area contributed by atoms with Gasteiger partial charge in [-0.2, -0.15) is 13.2 Å². The summed E-state index contributed by atoms with van der Waals surface area (Å²) in [6, 6.07) is 1.39. The summed E-state index contributed by atoms with van der Waals surface area (Å²) in [6.45, 7) is 0. The normalized spacial score (nSPS) is 19.1. The van der Waals surface area contributed by atoms with Crippen molar-refractivity contribution in [2.45, 2.75) is 44.3 Å². The largest absolute Gasteiger partial charge is 0.506 e. The molecule has 1 aliphatic carbocycles. The van der Waals surface area contributed by atoms with E-state index in [1.807, 2.05) is 0 Å². The molecule has 2 nitrogen and oxygen atoms in total. The standard InChI is InChI=1S/C14H17BrF3NO/c15-10-7-6-9(14(16,17)18)11(13(10)20)12(19)8-4-2-1-3-5-8/h6-8,12,20H,1-5,19H2/t12-/m0/s1. The molecular weight excluding hydrogens is 335 g/mol. The van der Waals surface area contributed by atoms with Gasteiger partial charge in [0.1, 0.15) is 5.75 Å². The summed E-state index contributed by atoms with van der Waals surface area (Å²) in [5, 5.41) is 10.0. The van der Waals surface area contributed by atoms with Gasteiger partial charge in [0, 0.05) is 11.6 Å². The number of rotatable bonds is 2. The van der Waals surface area contributed by atoms with E-state index in [0.717, 1.165) is 38.2 Å². The van der Waals surface area contributed by atoms with Gasteiger partial charge in [-0.25, -0.2) is 0 Å². The first kappa shape index (κ1) is 15.6. The van der Waals surface area contributed by atoms with E-state index >= 15 is 0 Å². The van der Waals surface area contributed by atoms with E-state index in [2.05, 4.69) is 15.9 Å². The van der Waals surface area contributed by atoms with Crippen LogP contribution in [-0.2, 0) is 6.18 Å². The zero-order chi connectivity index (χ0) is 14.9. The molecule has 0 unspecified atom stereocenters. The van der Waals surface area contributed by atoms with Gasteiger partial charge in [-0.15, -0.1) is 0 Å². The minimum absolute atomic E-state index is 0.00921. The molecule has 6 heteroatoms. The first-order chi connectivity index (χ1) is 9.32. The SMILES string of the molecule is N[C@H](c1c(C(F)(F)F)ccc(Br)c1O)C1CCCCC1. The number of halogens is 4. The Labute approximate surface area is 124 Å². The van der Waals surface area contributed by atoms with Crippen molar-refractivity contribution in [1.82, 2.24) is 0 Å². The van der Waals surface area contributed by atoms with Gasteiger partial charge in [0.25, 0.3) is 0 Å². The second-order valence-corrected chi connectivity index (χ2v) is 6.13. The summed E-state index contributed by atoms with van der Waals surface area (Å²) >= 11 is 3.07. The van der Waals surface area contributed by atoms with Gasteiger partial charge in [0.05, 0.1) is 10.0 Å². The van der Waals surface area contributed by atoms with Crippen molar-refractivity contribution in [2.24, 2.45) is 11.7 Å². The van der Waals surface area contributed by atoms with Crippen molar-refractivity contribution >= 4 is 15.9 Å². The third-order valence-electron chi connectivity index (χ3n) is 3.96. The lowest BCUT2D eigenvalue weighted by Gasteiger charge is -2.30. The van der Waals surface area contributed by atoms with Gasteiger partial charge in [0.15, 0.2) is 0 Å². The zero-order valence-electron chi connectivity index (χ0n) is 10.9.